The van der Waals surface area contributed by atoms with E-state index in [0.717, 1.165) is 11.3 Å². The minimum absolute atomic E-state index is 0.0876. The summed E-state index contributed by atoms with van der Waals surface area (Å²) in [6.07, 6.45) is 0. The highest BCUT2D eigenvalue weighted by atomic mass is 32.2. The number of ether oxygens (including phenoxy) is 1. The van der Waals surface area contributed by atoms with Crippen LogP contribution in [0.2, 0.25) is 0 Å². The van der Waals surface area contributed by atoms with Gasteiger partial charge in [-0.25, -0.2) is 0 Å². The molecular weight excluding hydrogens is 276 g/mol. The van der Waals surface area contributed by atoms with Crippen molar-refractivity contribution in [2.45, 2.75) is 6.92 Å². The topological polar surface area (TPSA) is 67.4 Å². The molecule has 0 aliphatic rings. The predicted molar refractivity (Wildman–Crippen MR) is 82.0 cm³/mol. The van der Waals surface area contributed by atoms with Gasteiger partial charge in [-0.05, 0) is 24.6 Å². The van der Waals surface area contributed by atoms with Crippen LogP contribution in [0.5, 0.6) is 0 Å². The molecule has 110 valence electrons. The average Bonchev–Trinajstić information content (AvgIpc) is 2.39. The molecule has 0 bridgehead atoms. The van der Waals surface area contributed by atoms with Crippen molar-refractivity contribution in [3.63, 3.8) is 0 Å². The molecule has 0 saturated heterocycles. The predicted octanol–water partition coefficient (Wildman–Crippen LogP) is 1.43. The standard InChI is InChI=1S/C14H20N2O3S/c1-11-4-3-5-12(8-11)16-14(18)10-20-9-13(17)15-6-7-19-2/h3-5,8H,6-7,9-10H2,1-2H3,(H,15,17)(H,16,18). The summed E-state index contributed by atoms with van der Waals surface area (Å²) in [5.41, 5.74) is 1.87. The van der Waals surface area contributed by atoms with Crippen LogP contribution in [-0.2, 0) is 14.3 Å². The van der Waals surface area contributed by atoms with Crippen LogP contribution in [0.1, 0.15) is 5.56 Å². The molecule has 1 rings (SSSR count). The largest absolute Gasteiger partial charge is 0.383 e. The summed E-state index contributed by atoms with van der Waals surface area (Å²) in [4.78, 5) is 23.1. The quantitative estimate of drug-likeness (QED) is 0.712. The minimum atomic E-state index is -0.106. The highest BCUT2D eigenvalue weighted by Gasteiger charge is 2.05. The van der Waals surface area contributed by atoms with Gasteiger partial charge >= 0.3 is 0 Å². The summed E-state index contributed by atoms with van der Waals surface area (Å²) in [7, 11) is 1.58. The number of rotatable bonds is 8. The van der Waals surface area contributed by atoms with E-state index in [2.05, 4.69) is 10.6 Å². The Morgan fingerprint density at radius 3 is 2.70 bits per heavy atom. The number of amides is 2. The van der Waals surface area contributed by atoms with E-state index in [1.165, 1.54) is 11.8 Å². The van der Waals surface area contributed by atoms with Crippen LogP contribution in [0.15, 0.2) is 24.3 Å². The molecule has 2 amide bonds. The molecule has 0 unspecified atom stereocenters. The highest BCUT2D eigenvalue weighted by Crippen LogP contribution is 2.10. The molecule has 0 heterocycles. The lowest BCUT2D eigenvalue weighted by atomic mass is 10.2. The van der Waals surface area contributed by atoms with Crippen molar-refractivity contribution in [3.05, 3.63) is 29.8 Å². The van der Waals surface area contributed by atoms with Crippen molar-refractivity contribution in [3.8, 4) is 0 Å². The van der Waals surface area contributed by atoms with Crippen LogP contribution in [0.4, 0.5) is 5.69 Å². The zero-order valence-corrected chi connectivity index (χ0v) is 12.6. The second kappa shape index (κ2) is 9.39. The number of methoxy groups -OCH3 is 1. The summed E-state index contributed by atoms with van der Waals surface area (Å²) in [5, 5.41) is 5.50. The third-order valence-electron chi connectivity index (χ3n) is 2.40. The fourth-order valence-corrected chi connectivity index (χ4v) is 2.15. The Kier molecular flexibility index (Phi) is 7.75. The average molecular weight is 296 g/mol. The van der Waals surface area contributed by atoms with Crippen molar-refractivity contribution < 1.29 is 14.3 Å². The number of benzene rings is 1. The Balaban J connectivity index is 2.18. The first-order valence-electron chi connectivity index (χ1n) is 6.31. The summed E-state index contributed by atoms with van der Waals surface area (Å²) in [6.45, 7) is 2.95. The fraction of sp³-hybridized carbons (Fsp3) is 0.429. The van der Waals surface area contributed by atoms with E-state index in [1.807, 2.05) is 31.2 Å². The number of nitrogens with one attached hydrogen (secondary N) is 2. The summed E-state index contributed by atoms with van der Waals surface area (Å²) in [6, 6.07) is 7.60. The van der Waals surface area contributed by atoms with E-state index in [-0.39, 0.29) is 23.3 Å². The molecule has 0 spiro atoms. The maximum Gasteiger partial charge on any atom is 0.234 e. The van der Waals surface area contributed by atoms with Crippen LogP contribution in [0.25, 0.3) is 0 Å². The second-order valence-corrected chi connectivity index (χ2v) is 5.24. The third-order valence-corrected chi connectivity index (χ3v) is 3.33. The molecule has 5 nitrogen and oxygen atoms in total. The van der Waals surface area contributed by atoms with Crippen molar-refractivity contribution in [2.24, 2.45) is 0 Å². The highest BCUT2D eigenvalue weighted by molar-refractivity contribution is 8.00. The zero-order valence-electron chi connectivity index (χ0n) is 11.8. The van der Waals surface area contributed by atoms with Gasteiger partial charge in [0.1, 0.15) is 0 Å². The number of anilines is 1. The third kappa shape index (κ3) is 7.16. The lowest BCUT2D eigenvalue weighted by molar-refractivity contribution is -0.118. The SMILES string of the molecule is COCCNC(=O)CSCC(=O)Nc1cccc(C)c1. The summed E-state index contributed by atoms with van der Waals surface area (Å²) < 4.78 is 4.83. The van der Waals surface area contributed by atoms with Gasteiger partial charge in [0, 0.05) is 19.3 Å². The van der Waals surface area contributed by atoms with Gasteiger partial charge in [-0.15, -0.1) is 11.8 Å². The van der Waals surface area contributed by atoms with Crippen molar-refractivity contribution in [1.82, 2.24) is 5.32 Å². The lowest BCUT2D eigenvalue weighted by Gasteiger charge is -2.06. The first-order valence-corrected chi connectivity index (χ1v) is 7.47. The molecule has 6 heteroatoms. The molecule has 0 radical (unpaired) electrons. The Labute approximate surface area is 123 Å². The van der Waals surface area contributed by atoms with E-state index in [4.69, 9.17) is 4.74 Å². The van der Waals surface area contributed by atoms with E-state index >= 15 is 0 Å². The molecule has 0 fully saturated rings. The van der Waals surface area contributed by atoms with Crippen LogP contribution in [0, 0.1) is 6.92 Å². The van der Waals surface area contributed by atoms with Crippen molar-refractivity contribution in [1.29, 1.82) is 0 Å². The maximum atomic E-state index is 11.7. The van der Waals surface area contributed by atoms with E-state index in [1.54, 1.807) is 7.11 Å². The summed E-state index contributed by atoms with van der Waals surface area (Å²) in [5.74, 6) is 0.331. The number of carbonyl (C=O) groups is 2. The smallest absolute Gasteiger partial charge is 0.234 e. The van der Waals surface area contributed by atoms with Gasteiger partial charge in [0.2, 0.25) is 11.8 Å². The van der Waals surface area contributed by atoms with Crippen LogP contribution < -0.4 is 10.6 Å². The molecule has 0 aliphatic carbocycles. The van der Waals surface area contributed by atoms with Crippen molar-refractivity contribution >= 4 is 29.3 Å². The van der Waals surface area contributed by atoms with Gasteiger partial charge in [0.25, 0.3) is 0 Å². The van der Waals surface area contributed by atoms with Gasteiger partial charge in [-0.2, -0.15) is 0 Å². The molecule has 2 N–H and O–H groups in total. The van der Waals surface area contributed by atoms with Crippen LogP contribution in [-0.4, -0.2) is 43.6 Å². The minimum Gasteiger partial charge on any atom is -0.383 e. The zero-order chi connectivity index (χ0) is 14.8. The Morgan fingerprint density at radius 2 is 2.00 bits per heavy atom. The van der Waals surface area contributed by atoms with Crippen molar-refractivity contribution in [2.75, 3.05) is 37.1 Å². The molecule has 1 aromatic rings. The first kappa shape index (κ1) is 16.5. The molecule has 0 saturated carbocycles. The van der Waals surface area contributed by atoms with Gasteiger partial charge in [-0.3, -0.25) is 9.59 Å². The second-order valence-electron chi connectivity index (χ2n) is 4.25. The van der Waals surface area contributed by atoms with E-state index in [0.29, 0.717) is 13.2 Å². The number of thioether (sulfide) groups is 1. The first-order chi connectivity index (χ1) is 9.61. The molecule has 0 atom stereocenters. The number of hydrogen-bond acceptors (Lipinski definition) is 4. The monoisotopic (exact) mass is 296 g/mol. The van der Waals surface area contributed by atoms with E-state index < -0.39 is 0 Å². The Hall–Kier alpha value is -1.53. The number of aryl methyl sites for hydroxylation is 1. The van der Waals surface area contributed by atoms with Crippen LogP contribution in [0.3, 0.4) is 0 Å². The van der Waals surface area contributed by atoms with E-state index in [9.17, 15) is 9.59 Å². The van der Waals surface area contributed by atoms with Gasteiger partial charge in [0.05, 0.1) is 18.1 Å². The Morgan fingerprint density at radius 1 is 1.25 bits per heavy atom. The fourth-order valence-electron chi connectivity index (χ4n) is 1.50. The molecule has 0 aromatic heterocycles. The molecule has 0 aliphatic heterocycles. The Bertz CT molecular complexity index is 452. The normalized spacial score (nSPS) is 10.1. The van der Waals surface area contributed by atoms with Gasteiger partial charge in [0.15, 0.2) is 0 Å². The number of carbonyl (C=O) groups excluding carboxylic acids is 2. The molecule has 1 aromatic carbocycles. The number of hydrogen-bond donors (Lipinski definition) is 2. The van der Waals surface area contributed by atoms with Gasteiger partial charge in [-0.1, -0.05) is 12.1 Å². The summed E-state index contributed by atoms with van der Waals surface area (Å²) >= 11 is 1.29. The maximum absolute atomic E-state index is 11.7. The molecule has 20 heavy (non-hydrogen) atoms. The van der Waals surface area contributed by atoms with Crippen LogP contribution >= 0.6 is 11.8 Å². The van der Waals surface area contributed by atoms with Gasteiger partial charge < -0.3 is 15.4 Å². The lowest BCUT2D eigenvalue weighted by Crippen LogP contribution is -2.29. The molecular formula is C14H20N2O3S.